The number of hydrogen-bond donors (Lipinski definition) is 2. The summed E-state index contributed by atoms with van der Waals surface area (Å²) in [5.41, 5.74) is 0.783. The number of rotatable bonds is 12. The minimum absolute atomic E-state index is 0.0392. The van der Waals surface area contributed by atoms with E-state index < -0.39 is 18.2 Å². The van der Waals surface area contributed by atoms with Crippen LogP contribution in [-0.4, -0.2) is 75.0 Å². The molecule has 35 heavy (non-hydrogen) atoms. The molecule has 0 bridgehead atoms. The Morgan fingerprint density at radius 2 is 1.91 bits per heavy atom. The quantitative estimate of drug-likeness (QED) is 0.330. The maximum Gasteiger partial charge on any atom is 0.346 e. The summed E-state index contributed by atoms with van der Waals surface area (Å²) in [5, 5.41) is 5.62. The molecule has 0 spiro atoms. The lowest BCUT2D eigenvalue weighted by Crippen LogP contribution is -2.30. The molecule has 1 aliphatic rings. The molecule has 1 aliphatic heterocycles. The van der Waals surface area contributed by atoms with Crippen LogP contribution in [0.4, 0.5) is 14.2 Å². The van der Waals surface area contributed by atoms with Gasteiger partial charge in [-0.15, -0.1) is 0 Å². The zero-order valence-electron chi connectivity index (χ0n) is 20.1. The van der Waals surface area contributed by atoms with Gasteiger partial charge in [0.15, 0.2) is 5.56 Å². The minimum Gasteiger partial charge on any atom is -0.497 e. The van der Waals surface area contributed by atoms with Crippen LogP contribution in [0.1, 0.15) is 35.2 Å². The van der Waals surface area contributed by atoms with Gasteiger partial charge in [0.25, 0.3) is 0 Å². The highest BCUT2D eigenvalue weighted by molar-refractivity contribution is 7.11. The molecule has 2 heterocycles. The first-order valence-corrected chi connectivity index (χ1v) is 12.0. The number of nitrogens with zero attached hydrogens (tertiary/aromatic N) is 2. The maximum atomic E-state index is 13.2. The smallest absolute Gasteiger partial charge is 0.346 e. The number of methoxy groups -OCH3 is 3. The number of carbonyl (C=O) groups excluding carboxylic acids is 2. The van der Waals surface area contributed by atoms with Gasteiger partial charge in [0.05, 0.1) is 21.3 Å². The second kappa shape index (κ2) is 13.1. The van der Waals surface area contributed by atoms with Gasteiger partial charge in [0.1, 0.15) is 29.3 Å². The van der Waals surface area contributed by atoms with E-state index in [1.165, 1.54) is 7.11 Å². The van der Waals surface area contributed by atoms with E-state index in [-0.39, 0.29) is 23.1 Å². The summed E-state index contributed by atoms with van der Waals surface area (Å²) >= 11 is 0.920. The zero-order valence-corrected chi connectivity index (χ0v) is 20.9. The largest absolute Gasteiger partial charge is 0.497 e. The number of anilines is 1. The van der Waals surface area contributed by atoms with Crippen LogP contribution in [0.25, 0.3) is 0 Å². The lowest BCUT2D eigenvalue weighted by molar-refractivity contribution is 0.0596. The number of amides is 2. The summed E-state index contributed by atoms with van der Waals surface area (Å²) in [5.74, 6) is 0.570. The third-order valence-corrected chi connectivity index (χ3v) is 6.21. The molecule has 1 atom stereocenters. The Morgan fingerprint density at radius 3 is 2.54 bits per heavy atom. The highest BCUT2D eigenvalue weighted by Crippen LogP contribution is 2.32. The first-order valence-electron chi connectivity index (χ1n) is 11.3. The van der Waals surface area contributed by atoms with Crippen LogP contribution < -0.4 is 24.8 Å². The molecule has 0 unspecified atom stereocenters. The molecule has 1 aromatic heterocycles. The first-order chi connectivity index (χ1) is 16.9. The number of benzene rings is 1. The van der Waals surface area contributed by atoms with Crippen LogP contribution in [0, 0.1) is 0 Å². The van der Waals surface area contributed by atoms with Crippen molar-refractivity contribution in [1.82, 2.24) is 14.6 Å². The number of carbonyl (C=O) groups is 2. The second-order valence-corrected chi connectivity index (χ2v) is 8.74. The molecule has 1 saturated heterocycles. The summed E-state index contributed by atoms with van der Waals surface area (Å²) in [6.45, 7) is 2.63. The van der Waals surface area contributed by atoms with Gasteiger partial charge in [-0.05, 0) is 55.0 Å². The molecule has 0 aliphatic carbocycles. The van der Waals surface area contributed by atoms with Gasteiger partial charge < -0.3 is 29.2 Å². The molecule has 0 radical (unpaired) electrons. The number of hydrogen-bond acceptors (Lipinski definition) is 9. The first kappa shape index (κ1) is 26.5. The van der Waals surface area contributed by atoms with Crippen LogP contribution >= 0.6 is 11.5 Å². The van der Waals surface area contributed by atoms with Crippen molar-refractivity contribution in [2.24, 2.45) is 0 Å². The number of esters is 1. The number of nitrogens with one attached hydrogen (secondary N) is 2. The third kappa shape index (κ3) is 7.69. The zero-order chi connectivity index (χ0) is 25.2. The maximum absolute atomic E-state index is 13.2. The van der Waals surface area contributed by atoms with Crippen molar-refractivity contribution in [3.63, 3.8) is 0 Å². The number of alkyl halides is 1. The average molecular weight is 511 g/mol. The molecular weight excluding hydrogens is 479 g/mol. The summed E-state index contributed by atoms with van der Waals surface area (Å²) < 4.78 is 38.5. The van der Waals surface area contributed by atoms with E-state index in [0.29, 0.717) is 31.0 Å². The number of halogens is 1. The van der Waals surface area contributed by atoms with Crippen LogP contribution in [0.5, 0.6) is 17.4 Å². The van der Waals surface area contributed by atoms with E-state index in [2.05, 4.69) is 19.9 Å². The van der Waals surface area contributed by atoms with Gasteiger partial charge in [-0.3, -0.25) is 5.32 Å². The summed E-state index contributed by atoms with van der Waals surface area (Å²) in [6.07, 6.45) is 1.48. The predicted octanol–water partition coefficient (Wildman–Crippen LogP) is 3.47. The lowest BCUT2D eigenvalue weighted by atomic mass is 10.2. The van der Waals surface area contributed by atoms with E-state index in [1.807, 2.05) is 0 Å². The fourth-order valence-corrected chi connectivity index (χ4v) is 4.36. The van der Waals surface area contributed by atoms with Crippen molar-refractivity contribution in [3.8, 4) is 17.4 Å². The normalized spacial score (nSPS) is 15.5. The molecular formula is C23H31FN4O6S. The number of aromatic nitrogens is 1. The molecule has 2 N–H and O–H groups in total. The van der Waals surface area contributed by atoms with E-state index in [0.717, 1.165) is 43.0 Å². The standard InChI is InChI=1S/C23H31FN4O6S/c1-31-17-10-15(11-18(12-17)32-2)14-34-20-19(22(29)33-3)21(35-27-20)26-23(30)25-7-4-5-8-28-9-6-16(24)13-28/h10-12,16H,4-9,13-14H2,1-3H3,(H2,25,26,30)/t16-/m0/s1. The summed E-state index contributed by atoms with van der Waals surface area (Å²) in [6, 6.07) is 4.82. The van der Waals surface area contributed by atoms with Crippen molar-refractivity contribution in [1.29, 1.82) is 0 Å². The molecule has 192 valence electrons. The third-order valence-electron chi connectivity index (χ3n) is 5.47. The second-order valence-electron chi connectivity index (χ2n) is 7.97. The Bertz CT molecular complexity index is 982. The molecule has 1 aromatic carbocycles. The van der Waals surface area contributed by atoms with Crippen molar-refractivity contribution in [3.05, 3.63) is 29.3 Å². The highest BCUT2D eigenvalue weighted by Gasteiger charge is 2.25. The molecule has 1 fully saturated rings. The Kier molecular flexibility index (Phi) is 9.91. The number of urea groups is 1. The van der Waals surface area contributed by atoms with Crippen LogP contribution in [0.3, 0.4) is 0 Å². The fraction of sp³-hybridized carbons (Fsp3) is 0.522. The van der Waals surface area contributed by atoms with Crippen LogP contribution in [-0.2, 0) is 11.3 Å². The van der Waals surface area contributed by atoms with Gasteiger partial charge in [-0.25, -0.2) is 14.0 Å². The SMILES string of the molecule is COC(=O)c1c(OCc2cc(OC)cc(OC)c2)nsc1NC(=O)NCCCCN1CC[C@H](F)C1. The molecule has 2 aromatic rings. The monoisotopic (exact) mass is 510 g/mol. The number of unbranched alkanes of at least 4 members (excludes halogenated alkanes) is 1. The Balaban J connectivity index is 1.54. The van der Waals surface area contributed by atoms with E-state index in [9.17, 15) is 14.0 Å². The van der Waals surface area contributed by atoms with Crippen molar-refractivity contribution in [2.75, 3.05) is 52.8 Å². The lowest BCUT2D eigenvalue weighted by Gasteiger charge is -2.14. The van der Waals surface area contributed by atoms with Crippen LogP contribution in [0.15, 0.2) is 18.2 Å². The van der Waals surface area contributed by atoms with Gasteiger partial charge >= 0.3 is 12.0 Å². The van der Waals surface area contributed by atoms with E-state index in [1.54, 1.807) is 32.4 Å². The Morgan fingerprint density at radius 1 is 1.17 bits per heavy atom. The van der Waals surface area contributed by atoms with E-state index >= 15 is 0 Å². The Labute approximate surface area is 207 Å². The molecule has 12 heteroatoms. The Hall–Kier alpha value is -3.12. The van der Waals surface area contributed by atoms with Crippen LogP contribution in [0.2, 0.25) is 0 Å². The fourth-order valence-electron chi connectivity index (χ4n) is 3.64. The summed E-state index contributed by atoms with van der Waals surface area (Å²) in [4.78, 5) is 26.8. The van der Waals surface area contributed by atoms with Gasteiger partial charge in [-0.2, -0.15) is 4.37 Å². The molecule has 10 nitrogen and oxygen atoms in total. The number of likely N-dealkylation sites (tertiary alicyclic amines) is 1. The molecule has 2 amide bonds. The van der Waals surface area contributed by atoms with Crippen molar-refractivity contribution >= 4 is 28.5 Å². The van der Waals surface area contributed by atoms with E-state index in [4.69, 9.17) is 18.9 Å². The summed E-state index contributed by atoms with van der Waals surface area (Å²) in [7, 11) is 4.34. The van der Waals surface area contributed by atoms with Crippen molar-refractivity contribution in [2.45, 2.75) is 32.0 Å². The number of ether oxygens (including phenoxy) is 4. The van der Waals surface area contributed by atoms with Crippen molar-refractivity contribution < 1.29 is 32.9 Å². The van der Waals surface area contributed by atoms with Gasteiger partial charge in [0, 0.05) is 25.7 Å². The van der Waals surface area contributed by atoms with Gasteiger partial charge in [-0.1, -0.05) is 0 Å². The van der Waals surface area contributed by atoms with Gasteiger partial charge in [0.2, 0.25) is 5.88 Å². The molecule has 0 saturated carbocycles. The molecule has 3 rings (SSSR count). The average Bonchev–Trinajstić information content (AvgIpc) is 3.47. The predicted molar refractivity (Wildman–Crippen MR) is 130 cm³/mol. The minimum atomic E-state index is -0.727. The topological polar surface area (TPSA) is 111 Å². The highest BCUT2D eigenvalue weighted by atomic mass is 32.1.